The van der Waals surface area contributed by atoms with Crippen molar-refractivity contribution >= 4 is 16.8 Å². The number of phenolic OH excluding ortho intramolecular Hbond substituents is 1. The Balaban J connectivity index is 1.52. The number of fused-ring (bicyclic) bond motifs is 1. The predicted octanol–water partition coefficient (Wildman–Crippen LogP) is 4.03. The van der Waals surface area contributed by atoms with Crippen molar-refractivity contribution in [2.24, 2.45) is 0 Å². The molecule has 0 radical (unpaired) electrons. The Bertz CT molecular complexity index is 1180. The summed E-state index contributed by atoms with van der Waals surface area (Å²) in [6, 6.07) is 9.16. The van der Waals surface area contributed by atoms with Gasteiger partial charge in [0.1, 0.15) is 17.6 Å². The van der Waals surface area contributed by atoms with E-state index in [4.69, 9.17) is 4.74 Å². The quantitative estimate of drug-likeness (QED) is 0.505. The monoisotopic (exact) mass is 452 g/mol. The number of aromatic nitrogens is 2. The summed E-state index contributed by atoms with van der Waals surface area (Å²) in [7, 11) is 3.83. The molecule has 1 aliphatic carbocycles. The molecule has 0 unspecified atom stereocenters. The van der Waals surface area contributed by atoms with Crippen molar-refractivity contribution in [3.63, 3.8) is 0 Å². The first-order valence-corrected chi connectivity index (χ1v) is 11.0. The number of aryl methyl sites for hydroxylation is 1. The molecule has 1 aliphatic rings. The van der Waals surface area contributed by atoms with Crippen LogP contribution in [-0.2, 0) is 4.79 Å². The van der Waals surface area contributed by atoms with E-state index in [0.717, 1.165) is 27.6 Å². The van der Waals surface area contributed by atoms with Gasteiger partial charge in [-0.05, 0) is 62.0 Å². The standard InChI is InChI=1S/C25H29FN4O3/c1-15-9-19(31)5-6-21(15)17-10-23-22(14-27-28-23)24(11-17)33-20-12-18(13-20)30(8-7-29(3)4)25(32)16(2)26/h5-6,9-11,14,18,20,31H,2,7-8,12-13H2,1,3-4H3,(H,27,28). The first-order valence-electron chi connectivity index (χ1n) is 11.0. The Kier molecular flexibility index (Phi) is 6.37. The predicted molar refractivity (Wildman–Crippen MR) is 126 cm³/mol. The summed E-state index contributed by atoms with van der Waals surface area (Å²) in [6.07, 6.45) is 2.88. The van der Waals surface area contributed by atoms with Gasteiger partial charge in [-0.1, -0.05) is 12.6 Å². The van der Waals surface area contributed by atoms with Gasteiger partial charge in [0.15, 0.2) is 5.83 Å². The first kappa shape index (κ1) is 22.8. The molecule has 174 valence electrons. The fraction of sp³-hybridized carbons (Fsp3) is 0.360. The van der Waals surface area contributed by atoms with Gasteiger partial charge in [-0.15, -0.1) is 0 Å². The van der Waals surface area contributed by atoms with Gasteiger partial charge in [-0.25, -0.2) is 4.39 Å². The maximum atomic E-state index is 13.6. The van der Waals surface area contributed by atoms with E-state index in [1.807, 2.05) is 44.1 Å². The normalized spacial score (nSPS) is 17.7. The third kappa shape index (κ3) is 4.85. The van der Waals surface area contributed by atoms with Crippen LogP contribution in [0, 0.1) is 6.92 Å². The van der Waals surface area contributed by atoms with E-state index >= 15 is 0 Å². The lowest BCUT2D eigenvalue weighted by Gasteiger charge is -2.42. The highest BCUT2D eigenvalue weighted by atomic mass is 19.1. The number of carbonyl (C=O) groups excluding carboxylic acids is 1. The van der Waals surface area contributed by atoms with E-state index in [2.05, 4.69) is 16.8 Å². The lowest BCUT2D eigenvalue weighted by atomic mass is 9.87. The minimum atomic E-state index is -0.935. The highest BCUT2D eigenvalue weighted by Crippen LogP contribution is 2.37. The van der Waals surface area contributed by atoms with Crippen LogP contribution in [0.1, 0.15) is 18.4 Å². The molecule has 1 aromatic heterocycles. The largest absolute Gasteiger partial charge is 0.508 e. The average molecular weight is 453 g/mol. The summed E-state index contributed by atoms with van der Waals surface area (Å²) in [5.41, 5.74) is 3.74. The fourth-order valence-corrected chi connectivity index (χ4v) is 4.23. The SMILES string of the molecule is C=C(F)C(=O)N(CCN(C)C)C1CC(Oc2cc(-c3ccc(O)cc3C)cc3[nH]ncc23)C1. The topological polar surface area (TPSA) is 81.7 Å². The number of hydrogen-bond acceptors (Lipinski definition) is 5. The minimum absolute atomic E-state index is 0.0858. The molecule has 1 amide bonds. The number of aromatic hydroxyl groups is 1. The Hall–Kier alpha value is -3.39. The molecule has 1 fully saturated rings. The van der Waals surface area contributed by atoms with Crippen LogP contribution in [0.15, 0.2) is 48.9 Å². The molecule has 4 rings (SSSR count). The van der Waals surface area contributed by atoms with Crippen LogP contribution < -0.4 is 4.74 Å². The van der Waals surface area contributed by atoms with Gasteiger partial charge >= 0.3 is 0 Å². The zero-order valence-corrected chi connectivity index (χ0v) is 19.1. The number of phenols is 1. The number of rotatable bonds is 8. The molecule has 0 saturated heterocycles. The second-order valence-corrected chi connectivity index (χ2v) is 8.88. The van der Waals surface area contributed by atoms with Crippen molar-refractivity contribution in [2.75, 3.05) is 27.2 Å². The molecule has 2 N–H and O–H groups in total. The van der Waals surface area contributed by atoms with E-state index in [1.54, 1.807) is 23.2 Å². The molecule has 8 heteroatoms. The van der Waals surface area contributed by atoms with E-state index < -0.39 is 11.7 Å². The number of nitrogens with one attached hydrogen (secondary N) is 1. The van der Waals surface area contributed by atoms with Crippen molar-refractivity contribution in [1.82, 2.24) is 20.0 Å². The third-order valence-electron chi connectivity index (χ3n) is 6.13. The molecule has 0 aliphatic heterocycles. The van der Waals surface area contributed by atoms with Crippen LogP contribution in [0.25, 0.3) is 22.0 Å². The highest BCUT2D eigenvalue weighted by molar-refractivity contribution is 5.91. The Labute approximate surface area is 192 Å². The van der Waals surface area contributed by atoms with Gasteiger partial charge < -0.3 is 19.6 Å². The van der Waals surface area contributed by atoms with Crippen molar-refractivity contribution in [3.05, 3.63) is 54.5 Å². The second kappa shape index (κ2) is 9.23. The lowest BCUT2D eigenvalue weighted by Crippen LogP contribution is -2.53. The molecule has 0 spiro atoms. The summed E-state index contributed by atoms with van der Waals surface area (Å²) in [5, 5.41) is 17.8. The van der Waals surface area contributed by atoms with E-state index in [-0.39, 0.29) is 17.9 Å². The molecule has 0 bridgehead atoms. The smallest absolute Gasteiger partial charge is 0.282 e. The van der Waals surface area contributed by atoms with Gasteiger partial charge in [0, 0.05) is 32.0 Å². The first-order chi connectivity index (χ1) is 15.7. The van der Waals surface area contributed by atoms with Gasteiger partial charge in [-0.2, -0.15) is 5.10 Å². The lowest BCUT2D eigenvalue weighted by molar-refractivity contribution is -0.135. The number of nitrogens with zero attached hydrogens (tertiary/aromatic N) is 3. The van der Waals surface area contributed by atoms with E-state index in [9.17, 15) is 14.3 Å². The molecule has 1 heterocycles. The maximum Gasteiger partial charge on any atom is 0.282 e. The summed E-state index contributed by atoms with van der Waals surface area (Å²) in [6.45, 7) is 6.21. The Morgan fingerprint density at radius 1 is 1.27 bits per heavy atom. The van der Waals surface area contributed by atoms with Crippen LogP contribution in [0.5, 0.6) is 11.5 Å². The van der Waals surface area contributed by atoms with Gasteiger partial charge in [0.25, 0.3) is 5.91 Å². The van der Waals surface area contributed by atoms with E-state index in [0.29, 0.717) is 31.7 Å². The number of likely N-dealkylation sites (N-methyl/N-ethyl adjacent to an activating group) is 1. The molecule has 2 aromatic carbocycles. The molecular weight excluding hydrogens is 423 g/mol. The average Bonchev–Trinajstić information content (AvgIpc) is 3.20. The van der Waals surface area contributed by atoms with Crippen LogP contribution in [0.3, 0.4) is 0 Å². The molecule has 7 nitrogen and oxygen atoms in total. The fourth-order valence-electron chi connectivity index (χ4n) is 4.23. The third-order valence-corrected chi connectivity index (χ3v) is 6.13. The molecular formula is C25H29FN4O3. The van der Waals surface area contributed by atoms with Crippen molar-refractivity contribution in [3.8, 4) is 22.6 Å². The number of carbonyl (C=O) groups is 1. The Morgan fingerprint density at radius 2 is 2.03 bits per heavy atom. The van der Waals surface area contributed by atoms with Gasteiger partial charge in [-0.3, -0.25) is 9.89 Å². The van der Waals surface area contributed by atoms with Crippen LogP contribution in [-0.4, -0.2) is 70.3 Å². The number of hydrogen-bond donors (Lipinski definition) is 2. The zero-order valence-electron chi connectivity index (χ0n) is 19.1. The van der Waals surface area contributed by atoms with Crippen LogP contribution in [0.4, 0.5) is 4.39 Å². The number of benzene rings is 2. The van der Waals surface area contributed by atoms with Crippen molar-refractivity contribution in [2.45, 2.75) is 31.9 Å². The minimum Gasteiger partial charge on any atom is -0.508 e. The van der Waals surface area contributed by atoms with Crippen LogP contribution in [0.2, 0.25) is 0 Å². The molecule has 0 atom stereocenters. The Morgan fingerprint density at radius 3 is 2.70 bits per heavy atom. The van der Waals surface area contributed by atoms with Crippen LogP contribution >= 0.6 is 0 Å². The van der Waals surface area contributed by atoms with Crippen molar-refractivity contribution < 1.29 is 19.0 Å². The zero-order chi connectivity index (χ0) is 23.7. The summed E-state index contributed by atoms with van der Waals surface area (Å²) in [4.78, 5) is 15.8. The molecule has 1 saturated carbocycles. The highest BCUT2D eigenvalue weighted by Gasteiger charge is 2.38. The molecule has 33 heavy (non-hydrogen) atoms. The second-order valence-electron chi connectivity index (χ2n) is 8.88. The van der Waals surface area contributed by atoms with Gasteiger partial charge in [0.2, 0.25) is 0 Å². The summed E-state index contributed by atoms with van der Waals surface area (Å²) < 4.78 is 19.9. The number of amides is 1. The van der Waals surface area contributed by atoms with Crippen molar-refractivity contribution in [1.29, 1.82) is 0 Å². The summed E-state index contributed by atoms with van der Waals surface area (Å²) >= 11 is 0. The van der Waals surface area contributed by atoms with E-state index in [1.165, 1.54) is 0 Å². The number of halogens is 1. The number of ether oxygens (including phenoxy) is 1. The van der Waals surface area contributed by atoms with Gasteiger partial charge in [0.05, 0.1) is 17.1 Å². The maximum absolute atomic E-state index is 13.6. The number of H-pyrrole nitrogens is 1. The number of aromatic amines is 1. The summed E-state index contributed by atoms with van der Waals surface area (Å²) in [5.74, 6) is -0.661. The molecule has 3 aromatic rings.